The second kappa shape index (κ2) is 8.82. The van der Waals surface area contributed by atoms with E-state index in [4.69, 9.17) is 5.73 Å². The van der Waals surface area contributed by atoms with Crippen LogP contribution in [0.3, 0.4) is 0 Å². The summed E-state index contributed by atoms with van der Waals surface area (Å²) in [7, 11) is 0. The van der Waals surface area contributed by atoms with Crippen molar-refractivity contribution in [1.29, 1.82) is 0 Å². The Hall–Kier alpha value is -2.50. The van der Waals surface area contributed by atoms with Crippen molar-refractivity contribution >= 4 is 22.8 Å². The van der Waals surface area contributed by atoms with Crippen molar-refractivity contribution in [2.45, 2.75) is 32.2 Å². The van der Waals surface area contributed by atoms with Gasteiger partial charge >= 0.3 is 6.03 Å². The first-order valence-corrected chi connectivity index (χ1v) is 8.00. The number of nitrogens with two attached hydrogens (primary N) is 1. The Morgan fingerprint density at radius 1 is 1.00 bits per heavy atom. The second-order valence-corrected chi connectivity index (χ2v) is 5.52. The van der Waals surface area contributed by atoms with E-state index in [2.05, 4.69) is 39.6 Å². The van der Waals surface area contributed by atoms with Gasteiger partial charge in [0.1, 0.15) is 0 Å². The molecule has 0 aliphatic rings. The lowest BCUT2D eigenvalue weighted by molar-refractivity contribution is -0.121. The monoisotopic (exact) mass is 316 g/mol. The highest BCUT2D eigenvalue weighted by Gasteiger charge is 2.02. The van der Waals surface area contributed by atoms with Crippen molar-refractivity contribution in [3.63, 3.8) is 0 Å². The van der Waals surface area contributed by atoms with Gasteiger partial charge in [-0.05, 0) is 36.8 Å². The molecule has 0 radical (unpaired) electrons. The van der Waals surface area contributed by atoms with Crippen LogP contribution in [-0.2, 0) is 11.3 Å². The van der Waals surface area contributed by atoms with E-state index in [1.165, 1.54) is 10.9 Å². The number of rotatable bonds is 9. The van der Waals surface area contributed by atoms with Gasteiger partial charge in [-0.15, -0.1) is 0 Å². The van der Waals surface area contributed by atoms with Gasteiger partial charge < -0.3 is 20.9 Å². The van der Waals surface area contributed by atoms with Crippen LogP contribution in [0.1, 0.15) is 25.7 Å². The Morgan fingerprint density at radius 3 is 2.61 bits per heavy atom. The Kier molecular flexibility index (Phi) is 6.47. The van der Waals surface area contributed by atoms with Crippen molar-refractivity contribution in [3.05, 3.63) is 36.5 Å². The average Bonchev–Trinajstić information content (AvgIpc) is 2.94. The Labute approximate surface area is 136 Å². The number of hydrogen-bond donors (Lipinski definition) is 3. The summed E-state index contributed by atoms with van der Waals surface area (Å²) in [5.41, 5.74) is 6.18. The largest absolute Gasteiger partial charge is 0.356 e. The number of benzene rings is 1. The minimum atomic E-state index is -0.521. The maximum atomic E-state index is 11.7. The number of carbonyl (C=O) groups excluding carboxylic acids is 2. The molecule has 2 aromatic rings. The summed E-state index contributed by atoms with van der Waals surface area (Å²) in [6.45, 7) is 2.07. The number of unbranched alkanes of at least 4 members (excludes halogenated alkanes) is 1. The van der Waals surface area contributed by atoms with Crippen molar-refractivity contribution in [2.24, 2.45) is 5.73 Å². The van der Waals surface area contributed by atoms with E-state index in [1.807, 2.05) is 12.1 Å². The zero-order chi connectivity index (χ0) is 16.5. The highest BCUT2D eigenvalue weighted by molar-refractivity contribution is 5.79. The molecule has 1 heterocycles. The van der Waals surface area contributed by atoms with E-state index in [1.54, 1.807) is 0 Å². The van der Waals surface area contributed by atoms with Gasteiger partial charge in [0.2, 0.25) is 5.91 Å². The summed E-state index contributed by atoms with van der Waals surface area (Å²) >= 11 is 0. The first-order chi connectivity index (χ1) is 11.2. The average molecular weight is 316 g/mol. The molecule has 6 nitrogen and oxygen atoms in total. The number of amides is 3. The maximum Gasteiger partial charge on any atom is 0.312 e. The third kappa shape index (κ3) is 5.65. The van der Waals surface area contributed by atoms with Crippen LogP contribution in [0.25, 0.3) is 10.9 Å². The van der Waals surface area contributed by atoms with Crippen LogP contribution >= 0.6 is 0 Å². The molecule has 1 aromatic heterocycles. The van der Waals surface area contributed by atoms with E-state index in [9.17, 15) is 9.59 Å². The number of fused-ring (bicyclic) bond motifs is 1. The fourth-order valence-electron chi connectivity index (χ4n) is 2.52. The number of nitrogens with one attached hydrogen (secondary N) is 2. The molecule has 4 N–H and O–H groups in total. The third-order valence-corrected chi connectivity index (χ3v) is 3.71. The number of urea groups is 1. The first kappa shape index (κ1) is 16.9. The van der Waals surface area contributed by atoms with Gasteiger partial charge in [-0.3, -0.25) is 4.79 Å². The molecule has 23 heavy (non-hydrogen) atoms. The normalized spacial score (nSPS) is 10.6. The van der Waals surface area contributed by atoms with Crippen molar-refractivity contribution in [1.82, 2.24) is 15.2 Å². The fraction of sp³-hybridized carbons (Fsp3) is 0.412. The van der Waals surface area contributed by atoms with Crippen LogP contribution in [0.2, 0.25) is 0 Å². The van der Waals surface area contributed by atoms with Crippen LogP contribution in [0.15, 0.2) is 36.5 Å². The predicted molar refractivity (Wildman–Crippen MR) is 91.0 cm³/mol. The van der Waals surface area contributed by atoms with Gasteiger partial charge in [0.05, 0.1) is 0 Å². The zero-order valence-corrected chi connectivity index (χ0v) is 13.3. The summed E-state index contributed by atoms with van der Waals surface area (Å²) in [5.74, 6) is 0.0569. The lowest BCUT2D eigenvalue weighted by Gasteiger charge is -2.07. The molecule has 0 bridgehead atoms. The van der Waals surface area contributed by atoms with Gasteiger partial charge in [0, 0.05) is 37.8 Å². The summed E-state index contributed by atoms with van der Waals surface area (Å²) < 4.78 is 2.21. The molecule has 0 atom stereocenters. The molecule has 6 heteroatoms. The van der Waals surface area contributed by atoms with Gasteiger partial charge in [0.15, 0.2) is 0 Å². The molecule has 0 aliphatic heterocycles. The molecule has 0 unspecified atom stereocenters. The van der Waals surface area contributed by atoms with Crippen molar-refractivity contribution in [3.8, 4) is 0 Å². The quantitative estimate of drug-likeness (QED) is 0.618. The van der Waals surface area contributed by atoms with Crippen LogP contribution in [0.4, 0.5) is 4.79 Å². The van der Waals surface area contributed by atoms with E-state index >= 15 is 0 Å². The molecule has 124 valence electrons. The van der Waals surface area contributed by atoms with Gasteiger partial charge in [-0.1, -0.05) is 18.2 Å². The van der Waals surface area contributed by atoms with E-state index in [-0.39, 0.29) is 5.91 Å². The number of nitrogens with zero attached hydrogens (tertiary/aromatic N) is 1. The minimum absolute atomic E-state index is 0.0569. The van der Waals surface area contributed by atoms with E-state index < -0.39 is 6.03 Å². The van der Waals surface area contributed by atoms with Gasteiger partial charge in [-0.2, -0.15) is 0 Å². The standard InChI is InChI=1S/C17H24N4O2/c18-17(23)20-10-4-3-8-16(22)19-11-5-12-21-13-9-14-6-1-2-7-15(14)21/h1-2,6-7,9,13H,3-5,8,10-12H2,(H,19,22)(H3,18,20,23). The fourth-order valence-corrected chi connectivity index (χ4v) is 2.52. The van der Waals surface area contributed by atoms with E-state index in [0.29, 0.717) is 19.5 Å². The molecular weight excluding hydrogens is 292 g/mol. The molecule has 0 saturated heterocycles. The smallest absolute Gasteiger partial charge is 0.312 e. The number of carbonyl (C=O) groups is 2. The SMILES string of the molecule is NC(=O)NCCCCC(=O)NCCCn1ccc2ccccc21. The van der Waals surface area contributed by atoms with Gasteiger partial charge in [0.25, 0.3) is 0 Å². The predicted octanol–water partition coefficient (Wildman–Crippen LogP) is 1.99. The molecule has 2 rings (SSSR count). The van der Waals surface area contributed by atoms with Crippen molar-refractivity contribution < 1.29 is 9.59 Å². The molecule has 3 amide bonds. The lowest BCUT2D eigenvalue weighted by Crippen LogP contribution is -2.30. The Morgan fingerprint density at radius 2 is 1.78 bits per heavy atom. The third-order valence-electron chi connectivity index (χ3n) is 3.71. The lowest BCUT2D eigenvalue weighted by atomic mass is 10.2. The number of primary amides is 1. The number of aryl methyl sites for hydroxylation is 1. The molecular formula is C17H24N4O2. The summed E-state index contributed by atoms with van der Waals surface area (Å²) in [6, 6.07) is 9.86. The van der Waals surface area contributed by atoms with E-state index in [0.717, 1.165) is 25.8 Å². The Bertz CT molecular complexity index is 651. The molecule has 0 saturated carbocycles. The molecule has 0 fully saturated rings. The van der Waals surface area contributed by atoms with Crippen LogP contribution in [-0.4, -0.2) is 29.6 Å². The van der Waals surface area contributed by atoms with Crippen LogP contribution in [0.5, 0.6) is 0 Å². The highest BCUT2D eigenvalue weighted by Crippen LogP contribution is 2.15. The topological polar surface area (TPSA) is 89.2 Å². The zero-order valence-electron chi connectivity index (χ0n) is 13.3. The number of para-hydroxylation sites is 1. The minimum Gasteiger partial charge on any atom is -0.356 e. The maximum absolute atomic E-state index is 11.7. The summed E-state index contributed by atoms with van der Waals surface area (Å²) in [4.78, 5) is 22.2. The summed E-state index contributed by atoms with van der Waals surface area (Å²) in [5, 5.41) is 6.67. The summed E-state index contributed by atoms with van der Waals surface area (Å²) in [6.07, 6.45) is 4.96. The van der Waals surface area contributed by atoms with Crippen LogP contribution < -0.4 is 16.4 Å². The van der Waals surface area contributed by atoms with Gasteiger partial charge in [-0.25, -0.2) is 4.79 Å². The Balaban J connectivity index is 1.58. The van der Waals surface area contributed by atoms with Crippen LogP contribution in [0, 0.1) is 0 Å². The van der Waals surface area contributed by atoms with Crippen molar-refractivity contribution in [2.75, 3.05) is 13.1 Å². The number of aromatic nitrogens is 1. The highest BCUT2D eigenvalue weighted by atomic mass is 16.2. The molecule has 0 aliphatic carbocycles. The second-order valence-electron chi connectivity index (χ2n) is 5.52. The molecule has 1 aromatic carbocycles. The number of hydrogen-bond acceptors (Lipinski definition) is 2. The molecule has 0 spiro atoms. The first-order valence-electron chi connectivity index (χ1n) is 8.00.